The molecule has 2 unspecified atom stereocenters. The number of aryl methyl sites for hydroxylation is 2. The molecule has 2 heterocycles. The number of nitrogens with one attached hydrogen (secondary N) is 3. The van der Waals surface area contributed by atoms with Crippen LogP contribution in [0.15, 0.2) is 60.7 Å². The Kier molecular flexibility index (Phi) is 12.1. The minimum Gasteiger partial charge on any atom is -0.444 e. The molecule has 4 rings (SSSR count). The molecule has 0 bridgehead atoms. The average molecular weight is 650 g/mol. The van der Waals surface area contributed by atoms with E-state index in [-0.39, 0.29) is 18.7 Å². The SMILES string of the molecule is CC(NC(=O)OC(C)(C)C)c1cc(CC(O)Nc2nnc(CCCCc3ccc(NC(=O)Cc4ccccc4)nn3)s2)ccc1F. The van der Waals surface area contributed by atoms with Crippen LogP contribution >= 0.6 is 11.3 Å². The van der Waals surface area contributed by atoms with Crippen LogP contribution < -0.4 is 16.0 Å². The van der Waals surface area contributed by atoms with Crippen LogP contribution in [0.5, 0.6) is 0 Å². The van der Waals surface area contributed by atoms with Gasteiger partial charge < -0.3 is 25.8 Å². The van der Waals surface area contributed by atoms with Gasteiger partial charge >= 0.3 is 6.09 Å². The molecule has 0 spiro atoms. The van der Waals surface area contributed by atoms with Crippen LogP contribution in [0.2, 0.25) is 0 Å². The number of amides is 2. The fourth-order valence-corrected chi connectivity index (χ4v) is 5.38. The second-order valence-corrected chi connectivity index (χ2v) is 13.0. The number of carbonyl (C=O) groups excluding carboxylic acids is 2. The van der Waals surface area contributed by atoms with E-state index in [9.17, 15) is 19.1 Å². The van der Waals surface area contributed by atoms with Crippen molar-refractivity contribution in [3.63, 3.8) is 0 Å². The quantitative estimate of drug-likeness (QED) is 0.0985. The molecule has 2 aromatic heterocycles. The van der Waals surface area contributed by atoms with Gasteiger partial charge in [0.1, 0.15) is 22.7 Å². The molecular formula is C33H40FN7O4S. The number of benzene rings is 2. The number of nitrogens with zero attached hydrogens (tertiary/aromatic N) is 4. The summed E-state index contributed by atoms with van der Waals surface area (Å²) in [7, 11) is 0. The summed E-state index contributed by atoms with van der Waals surface area (Å²) in [6.45, 7) is 6.93. The number of unbranched alkanes of at least 4 members (excludes halogenated alkanes) is 1. The zero-order valence-electron chi connectivity index (χ0n) is 26.4. The Labute approximate surface area is 272 Å². The standard InChI is InChI=1S/C33H40FN7O4S/c1-21(35-32(44)45-33(2,3)4)25-18-23(14-16-26(25)34)20-29(43)37-31-41-40-30(46-31)13-9-8-12-24-15-17-27(39-38-24)36-28(42)19-22-10-6-5-7-11-22/h5-7,10-11,14-18,21,29,43H,8-9,12-13,19-20H2,1-4H3,(H,35,44)(H,37,41)(H,36,39,42). The van der Waals surface area contributed by atoms with Gasteiger partial charge in [-0.25, -0.2) is 9.18 Å². The normalized spacial score (nSPS) is 12.7. The summed E-state index contributed by atoms with van der Waals surface area (Å²) in [5.74, 6) is -0.184. The molecule has 0 saturated carbocycles. The van der Waals surface area contributed by atoms with E-state index in [0.29, 0.717) is 22.1 Å². The maximum Gasteiger partial charge on any atom is 0.408 e. The first-order chi connectivity index (χ1) is 21.9. The second kappa shape index (κ2) is 16.2. The van der Waals surface area contributed by atoms with Gasteiger partial charge in [-0.2, -0.15) is 5.10 Å². The van der Waals surface area contributed by atoms with Gasteiger partial charge in [-0.3, -0.25) is 4.79 Å². The topological polar surface area (TPSA) is 151 Å². The Balaban J connectivity index is 1.17. The first kappa shape index (κ1) is 34.4. The molecule has 0 fully saturated rings. The van der Waals surface area contributed by atoms with Crippen molar-refractivity contribution in [2.24, 2.45) is 0 Å². The first-order valence-electron chi connectivity index (χ1n) is 15.1. The number of ether oxygens (including phenoxy) is 1. The van der Waals surface area contributed by atoms with Crippen LogP contribution in [0.4, 0.5) is 20.1 Å². The van der Waals surface area contributed by atoms with Crippen LogP contribution in [0, 0.1) is 5.82 Å². The zero-order chi connectivity index (χ0) is 33.1. The van der Waals surface area contributed by atoms with Crippen molar-refractivity contribution in [3.05, 3.63) is 93.9 Å². The van der Waals surface area contributed by atoms with Crippen molar-refractivity contribution in [1.82, 2.24) is 25.7 Å². The number of aromatic nitrogens is 4. The number of aliphatic hydroxyl groups excluding tert-OH is 1. The Morgan fingerprint density at radius 1 is 0.957 bits per heavy atom. The van der Waals surface area contributed by atoms with Crippen molar-refractivity contribution >= 4 is 34.3 Å². The van der Waals surface area contributed by atoms with E-state index in [4.69, 9.17) is 4.74 Å². The molecule has 0 aliphatic carbocycles. The number of carbonyl (C=O) groups is 2. The predicted octanol–water partition coefficient (Wildman–Crippen LogP) is 5.77. The molecule has 4 N–H and O–H groups in total. The summed E-state index contributed by atoms with van der Waals surface area (Å²) >= 11 is 1.36. The summed E-state index contributed by atoms with van der Waals surface area (Å²) in [5, 5.41) is 37.0. The maximum atomic E-state index is 14.5. The number of hydrogen-bond acceptors (Lipinski definition) is 10. The van der Waals surface area contributed by atoms with Crippen LogP contribution in [0.3, 0.4) is 0 Å². The highest BCUT2D eigenvalue weighted by Gasteiger charge is 2.20. The Morgan fingerprint density at radius 3 is 2.43 bits per heavy atom. The van der Waals surface area contributed by atoms with Crippen LogP contribution in [0.25, 0.3) is 0 Å². The lowest BCUT2D eigenvalue weighted by atomic mass is 10.0. The van der Waals surface area contributed by atoms with Gasteiger partial charge in [0, 0.05) is 18.4 Å². The lowest BCUT2D eigenvalue weighted by Crippen LogP contribution is -2.34. The van der Waals surface area contributed by atoms with E-state index < -0.39 is 29.8 Å². The van der Waals surface area contributed by atoms with E-state index in [1.165, 1.54) is 17.4 Å². The van der Waals surface area contributed by atoms with E-state index in [2.05, 4.69) is 36.3 Å². The minimum atomic E-state index is -0.974. The first-order valence-corrected chi connectivity index (χ1v) is 16.0. The van der Waals surface area contributed by atoms with E-state index >= 15 is 0 Å². The lowest BCUT2D eigenvalue weighted by molar-refractivity contribution is -0.115. The van der Waals surface area contributed by atoms with E-state index in [0.717, 1.165) is 41.9 Å². The number of hydrogen-bond donors (Lipinski definition) is 4. The summed E-state index contributed by atoms with van der Waals surface area (Å²) in [4.78, 5) is 24.3. The van der Waals surface area contributed by atoms with Gasteiger partial charge in [-0.05, 0) is 76.3 Å². The van der Waals surface area contributed by atoms with Crippen molar-refractivity contribution in [2.75, 3.05) is 10.6 Å². The lowest BCUT2D eigenvalue weighted by Gasteiger charge is -2.22. The van der Waals surface area contributed by atoms with Crippen LogP contribution in [-0.2, 0) is 35.2 Å². The van der Waals surface area contributed by atoms with Crippen LogP contribution in [0.1, 0.15) is 74.0 Å². The fraction of sp³-hybridized carbons (Fsp3) is 0.394. The van der Waals surface area contributed by atoms with Gasteiger partial charge in [-0.15, -0.1) is 15.3 Å². The van der Waals surface area contributed by atoms with Crippen molar-refractivity contribution in [3.8, 4) is 0 Å². The molecule has 13 heteroatoms. The van der Waals surface area contributed by atoms with E-state index in [1.807, 2.05) is 36.4 Å². The van der Waals surface area contributed by atoms with Crippen molar-refractivity contribution in [2.45, 2.75) is 84.1 Å². The number of aliphatic hydroxyl groups is 1. The summed E-state index contributed by atoms with van der Waals surface area (Å²) in [6, 6.07) is 17.0. The van der Waals surface area contributed by atoms with Crippen LogP contribution in [-0.4, -0.2) is 49.3 Å². The molecule has 0 aliphatic rings. The molecular weight excluding hydrogens is 609 g/mol. The third-order valence-electron chi connectivity index (χ3n) is 6.71. The Hall–Kier alpha value is -4.49. The van der Waals surface area contributed by atoms with E-state index in [1.54, 1.807) is 45.9 Å². The Morgan fingerprint density at radius 2 is 1.72 bits per heavy atom. The number of alkyl carbamates (subject to hydrolysis) is 1. The summed E-state index contributed by atoms with van der Waals surface area (Å²) < 4.78 is 19.8. The second-order valence-electron chi connectivity index (χ2n) is 11.9. The zero-order valence-corrected chi connectivity index (χ0v) is 27.2. The fourth-order valence-electron chi connectivity index (χ4n) is 4.55. The molecule has 46 heavy (non-hydrogen) atoms. The number of halogens is 1. The third kappa shape index (κ3) is 11.5. The smallest absolute Gasteiger partial charge is 0.408 e. The highest BCUT2D eigenvalue weighted by Crippen LogP contribution is 2.22. The average Bonchev–Trinajstić information content (AvgIpc) is 3.43. The number of anilines is 2. The number of rotatable bonds is 14. The molecule has 4 aromatic rings. The predicted molar refractivity (Wildman–Crippen MR) is 175 cm³/mol. The molecule has 11 nitrogen and oxygen atoms in total. The third-order valence-corrected chi connectivity index (χ3v) is 7.63. The van der Waals surface area contributed by atoms with Gasteiger partial charge in [0.05, 0.1) is 18.2 Å². The van der Waals surface area contributed by atoms with Gasteiger partial charge in [0.25, 0.3) is 0 Å². The maximum absolute atomic E-state index is 14.5. The molecule has 2 amide bonds. The molecule has 2 aromatic carbocycles. The molecule has 0 aliphatic heterocycles. The largest absolute Gasteiger partial charge is 0.444 e. The minimum absolute atomic E-state index is 0.143. The van der Waals surface area contributed by atoms with Gasteiger partial charge in [-0.1, -0.05) is 53.8 Å². The Bertz CT molecular complexity index is 1580. The molecule has 0 radical (unpaired) electrons. The summed E-state index contributed by atoms with van der Waals surface area (Å²) in [6.07, 6.45) is 2.05. The van der Waals surface area contributed by atoms with Gasteiger partial charge in [0.2, 0.25) is 11.0 Å². The monoisotopic (exact) mass is 649 g/mol. The molecule has 0 saturated heterocycles. The van der Waals surface area contributed by atoms with Gasteiger partial charge in [0.15, 0.2) is 5.82 Å². The molecule has 2 atom stereocenters. The van der Waals surface area contributed by atoms with Crippen molar-refractivity contribution < 1.29 is 23.8 Å². The molecule has 244 valence electrons. The summed E-state index contributed by atoms with van der Waals surface area (Å²) in [5.41, 5.74) is 2.08. The highest BCUT2D eigenvalue weighted by atomic mass is 32.1. The highest BCUT2D eigenvalue weighted by molar-refractivity contribution is 7.15. The van der Waals surface area contributed by atoms with Crippen molar-refractivity contribution in [1.29, 1.82) is 0 Å².